The first kappa shape index (κ1) is 20.0. The molecular weight excluding hydrogens is 392 g/mol. The number of aromatic hydroxyl groups is 1. The van der Waals surface area contributed by atoms with Crippen molar-refractivity contribution in [2.45, 2.75) is 0 Å². The van der Waals surface area contributed by atoms with E-state index in [1.165, 1.54) is 17.2 Å². The number of benzodiazepines with no additional fused rings is 1. The summed E-state index contributed by atoms with van der Waals surface area (Å²) in [5.41, 5.74) is 5.90. The molecular formula is C24H20N4O3. The topological polar surface area (TPSA) is 94.4 Å². The summed E-state index contributed by atoms with van der Waals surface area (Å²) < 4.78 is 0. The molecule has 0 fully saturated rings. The summed E-state index contributed by atoms with van der Waals surface area (Å²) >= 11 is 0. The SMILES string of the molecule is O=C(CN1C(=O)CN=C(c2ccccc2)c2ccccc21)N/N=C/c1ccccc1O. The first-order valence-electron chi connectivity index (χ1n) is 9.73. The molecule has 1 aliphatic rings. The molecule has 0 atom stereocenters. The maximum atomic E-state index is 12.8. The summed E-state index contributed by atoms with van der Waals surface area (Å²) in [5.74, 6) is -0.682. The molecule has 7 nitrogen and oxygen atoms in total. The predicted octanol–water partition coefficient (Wildman–Crippen LogP) is 2.73. The number of fused-ring (bicyclic) bond motifs is 1. The van der Waals surface area contributed by atoms with Crippen LogP contribution in [0.1, 0.15) is 16.7 Å². The number of carbonyl (C=O) groups is 2. The number of para-hydroxylation sites is 2. The average molecular weight is 412 g/mol. The van der Waals surface area contributed by atoms with E-state index < -0.39 is 5.91 Å². The Hall–Kier alpha value is -4.26. The lowest BCUT2D eigenvalue weighted by Crippen LogP contribution is -2.40. The van der Waals surface area contributed by atoms with Gasteiger partial charge in [-0.25, -0.2) is 5.43 Å². The Labute approximate surface area is 179 Å². The quantitative estimate of drug-likeness (QED) is 0.498. The van der Waals surface area contributed by atoms with Crippen LogP contribution < -0.4 is 10.3 Å². The number of nitrogens with zero attached hydrogens (tertiary/aromatic N) is 3. The molecule has 2 amide bonds. The number of carbonyl (C=O) groups excluding carboxylic acids is 2. The molecule has 2 N–H and O–H groups in total. The fourth-order valence-corrected chi connectivity index (χ4v) is 3.33. The molecule has 7 heteroatoms. The molecule has 154 valence electrons. The lowest BCUT2D eigenvalue weighted by atomic mass is 10.0. The van der Waals surface area contributed by atoms with Crippen LogP contribution in [0.4, 0.5) is 5.69 Å². The van der Waals surface area contributed by atoms with Gasteiger partial charge in [-0.15, -0.1) is 0 Å². The Morgan fingerprint density at radius 3 is 2.55 bits per heavy atom. The van der Waals surface area contributed by atoms with E-state index >= 15 is 0 Å². The monoisotopic (exact) mass is 412 g/mol. The van der Waals surface area contributed by atoms with E-state index in [0.717, 1.165) is 11.1 Å². The van der Waals surface area contributed by atoms with Crippen molar-refractivity contribution in [3.63, 3.8) is 0 Å². The van der Waals surface area contributed by atoms with E-state index in [4.69, 9.17) is 0 Å². The Kier molecular flexibility index (Phi) is 5.84. The van der Waals surface area contributed by atoms with Crippen molar-refractivity contribution in [1.29, 1.82) is 0 Å². The van der Waals surface area contributed by atoms with Gasteiger partial charge >= 0.3 is 0 Å². The number of benzene rings is 3. The third kappa shape index (κ3) is 4.51. The van der Waals surface area contributed by atoms with Gasteiger partial charge in [0.25, 0.3) is 5.91 Å². The number of hydrogen-bond acceptors (Lipinski definition) is 5. The summed E-state index contributed by atoms with van der Waals surface area (Å²) in [6.45, 7) is -0.265. The van der Waals surface area contributed by atoms with E-state index in [0.29, 0.717) is 17.0 Å². The number of phenolic OH excluding ortho intramolecular Hbond substituents is 1. The molecule has 31 heavy (non-hydrogen) atoms. The highest BCUT2D eigenvalue weighted by atomic mass is 16.3. The number of hydrazone groups is 1. The van der Waals surface area contributed by atoms with Crippen LogP contribution in [0.2, 0.25) is 0 Å². The Morgan fingerprint density at radius 1 is 1.03 bits per heavy atom. The van der Waals surface area contributed by atoms with Crippen LogP contribution in [0.5, 0.6) is 5.75 Å². The van der Waals surface area contributed by atoms with Gasteiger partial charge in [0.15, 0.2) is 0 Å². The molecule has 0 spiro atoms. The zero-order valence-corrected chi connectivity index (χ0v) is 16.6. The van der Waals surface area contributed by atoms with Crippen LogP contribution in [0, 0.1) is 0 Å². The molecule has 0 aromatic heterocycles. The number of nitrogens with one attached hydrogen (secondary N) is 1. The maximum Gasteiger partial charge on any atom is 0.260 e. The highest BCUT2D eigenvalue weighted by Gasteiger charge is 2.26. The van der Waals surface area contributed by atoms with E-state index in [1.807, 2.05) is 48.5 Å². The third-order valence-corrected chi connectivity index (χ3v) is 4.80. The van der Waals surface area contributed by atoms with Gasteiger partial charge < -0.3 is 10.0 Å². The van der Waals surface area contributed by atoms with Gasteiger partial charge in [-0.3, -0.25) is 14.6 Å². The van der Waals surface area contributed by atoms with E-state index in [-0.39, 0.29) is 24.7 Å². The fraction of sp³-hybridized carbons (Fsp3) is 0.0833. The second-order valence-electron chi connectivity index (χ2n) is 6.88. The molecule has 0 aliphatic carbocycles. The van der Waals surface area contributed by atoms with Crippen LogP contribution >= 0.6 is 0 Å². The van der Waals surface area contributed by atoms with Crippen molar-refractivity contribution < 1.29 is 14.7 Å². The van der Waals surface area contributed by atoms with Crippen molar-refractivity contribution in [2.24, 2.45) is 10.1 Å². The number of aliphatic imine (C=N–C) groups is 1. The van der Waals surface area contributed by atoms with Crippen LogP contribution in [-0.4, -0.2) is 41.9 Å². The molecule has 1 heterocycles. The highest BCUT2D eigenvalue weighted by Crippen LogP contribution is 2.26. The van der Waals surface area contributed by atoms with Crippen LogP contribution in [0.25, 0.3) is 0 Å². The number of rotatable bonds is 5. The van der Waals surface area contributed by atoms with Gasteiger partial charge in [-0.1, -0.05) is 60.7 Å². The Morgan fingerprint density at radius 2 is 1.74 bits per heavy atom. The molecule has 0 radical (unpaired) electrons. The summed E-state index contributed by atoms with van der Waals surface area (Å²) in [6, 6.07) is 23.7. The van der Waals surface area contributed by atoms with Gasteiger partial charge in [-0.05, 0) is 18.2 Å². The second kappa shape index (κ2) is 9.04. The molecule has 3 aromatic rings. The second-order valence-corrected chi connectivity index (χ2v) is 6.88. The highest BCUT2D eigenvalue weighted by molar-refractivity contribution is 6.20. The first-order chi connectivity index (χ1) is 15.1. The van der Waals surface area contributed by atoms with Crippen molar-refractivity contribution in [2.75, 3.05) is 18.0 Å². The van der Waals surface area contributed by atoms with Gasteiger partial charge in [0.1, 0.15) is 18.8 Å². The summed E-state index contributed by atoms with van der Waals surface area (Å²) in [7, 11) is 0. The Bertz CT molecular complexity index is 1170. The molecule has 0 saturated carbocycles. The van der Waals surface area contributed by atoms with Crippen LogP contribution in [0.3, 0.4) is 0 Å². The average Bonchev–Trinajstić information content (AvgIpc) is 2.93. The van der Waals surface area contributed by atoms with Gasteiger partial charge in [0.2, 0.25) is 5.91 Å². The Balaban J connectivity index is 1.55. The normalized spacial score (nSPS) is 13.5. The van der Waals surface area contributed by atoms with Crippen molar-refractivity contribution in [3.8, 4) is 5.75 Å². The number of phenols is 1. The van der Waals surface area contributed by atoms with Gasteiger partial charge in [-0.2, -0.15) is 5.10 Å². The van der Waals surface area contributed by atoms with E-state index in [2.05, 4.69) is 15.5 Å². The lowest BCUT2D eigenvalue weighted by Gasteiger charge is -2.22. The first-order valence-corrected chi connectivity index (χ1v) is 9.73. The van der Waals surface area contributed by atoms with E-state index in [9.17, 15) is 14.7 Å². The molecule has 3 aromatic carbocycles. The molecule has 4 rings (SSSR count). The minimum atomic E-state index is -0.460. The molecule has 0 bridgehead atoms. The van der Waals surface area contributed by atoms with Gasteiger partial charge in [0.05, 0.1) is 17.6 Å². The fourth-order valence-electron chi connectivity index (χ4n) is 3.33. The molecule has 0 unspecified atom stereocenters. The summed E-state index contributed by atoms with van der Waals surface area (Å²) in [6.07, 6.45) is 1.35. The van der Waals surface area contributed by atoms with E-state index in [1.54, 1.807) is 24.3 Å². The standard InChI is InChI=1S/C24H20N4O3/c29-21-13-7-4-10-18(21)14-26-27-22(30)16-28-20-12-6-5-11-19(20)24(25-15-23(28)31)17-8-2-1-3-9-17/h1-14,29H,15-16H2,(H,27,30)/b26-14+. The predicted molar refractivity (Wildman–Crippen MR) is 120 cm³/mol. The minimum absolute atomic E-state index is 0.0581. The zero-order chi connectivity index (χ0) is 21.6. The lowest BCUT2D eigenvalue weighted by molar-refractivity contribution is -0.123. The summed E-state index contributed by atoms with van der Waals surface area (Å²) in [5, 5.41) is 13.6. The minimum Gasteiger partial charge on any atom is -0.507 e. The number of hydrogen-bond donors (Lipinski definition) is 2. The van der Waals surface area contributed by atoms with Gasteiger partial charge in [0, 0.05) is 16.7 Å². The molecule has 1 aliphatic heterocycles. The third-order valence-electron chi connectivity index (χ3n) is 4.80. The molecule has 0 saturated heterocycles. The maximum absolute atomic E-state index is 12.8. The smallest absolute Gasteiger partial charge is 0.260 e. The largest absolute Gasteiger partial charge is 0.507 e. The van der Waals surface area contributed by atoms with Crippen LogP contribution in [-0.2, 0) is 9.59 Å². The van der Waals surface area contributed by atoms with Crippen molar-refractivity contribution in [3.05, 3.63) is 95.6 Å². The van der Waals surface area contributed by atoms with Crippen molar-refractivity contribution in [1.82, 2.24) is 5.43 Å². The zero-order valence-electron chi connectivity index (χ0n) is 16.6. The number of amides is 2. The van der Waals surface area contributed by atoms with Crippen LogP contribution in [0.15, 0.2) is 89.0 Å². The van der Waals surface area contributed by atoms with Crippen molar-refractivity contribution >= 4 is 29.4 Å². The number of anilines is 1. The summed E-state index contributed by atoms with van der Waals surface area (Å²) in [4.78, 5) is 31.2.